The van der Waals surface area contributed by atoms with Crippen LogP contribution in [-0.2, 0) is 0 Å². The number of urea groups is 1. The van der Waals surface area contributed by atoms with Gasteiger partial charge >= 0.3 is 6.03 Å². The fraction of sp³-hybridized carbons (Fsp3) is 0.556. The number of anilines is 1. The van der Waals surface area contributed by atoms with Gasteiger partial charge in [0.05, 0.1) is 17.7 Å². The molecule has 1 heterocycles. The third-order valence-electron chi connectivity index (χ3n) is 5.01. The number of aliphatic hydroxyl groups is 1. The number of nitrogens with one attached hydrogen (secondary N) is 1. The number of piperazine rings is 1. The van der Waals surface area contributed by atoms with E-state index in [0.717, 1.165) is 32.4 Å². The molecule has 6 heteroatoms. The minimum atomic E-state index is -0.229. The van der Waals surface area contributed by atoms with Crippen LogP contribution in [0.2, 0.25) is 0 Å². The Morgan fingerprint density at radius 2 is 1.96 bits per heavy atom. The molecule has 2 aliphatic rings. The number of aliphatic hydroxyl groups excluding tert-OH is 1. The molecule has 0 unspecified atom stereocenters. The van der Waals surface area contributed by atoms with Crippen molar-refractivity contribution in [3.05, 3.63) is 29.8 Å². The highest BCUT2D eigenvalue weighted by atomic mass is 16.3. The van der Waals surface area contributed by atoms with E-state index in [1.807, 2.05) is 0 Å². The largest absolute Gasteiger partial charge is 0.391 e. The van der Waals surface area contributed by atoms with Crippen LogP contribution < -0.4 is 5.32 Å². The number of benzene rings is 1. The summed E-state index contributed by atoms with van der Waals surface area (Å²) in [6.45, 7) is 2.92. The van der Waals surface area contributed by atoms with Crippen molar-refractivity contribution in [2.45, 2.75) is 37.8 Å². The average Bonchev–Trinajstić information content (AvgIpc) is 2.62. The zero-order valence-corrected chi connectivity index (χ0v) is 13.8. The predicted octanol–water partition coefficient (Wildman–Crippen LogP) is 2.01. The Balaban J connectivity index is 1.52. The minimum absolute atomic E-state index is 0.131. The van der Waals surface area contributed by atoms with Gasteiger partial charge in [-0.15, -0.1) is 0 Å². The van der Waals surface area contributed by atoms with Gasteiger partial charge < -0.3 is 15.3 Å². The molecule has 0 spiro atoms. The van der Waals surface area contributed by atoms with E-state index in [9.17, 15) is 9.90 Å². The van der Waals surface area contributed by atoms with Crippen molar-refractivity contribution in [3.63, 3.8) is 0 Å². The third-order valence-corrected chi connectivity index (χ3v) is 5.01. The smallest absolute Gasteiger partial charge is 0.321 e. The second-order valence-corrected chi connectivity index (χ2v) is 6.56. The molecule has 2 atom stereocenters. The Kier molecular flexibility index (Phi) is 5.34. The Morgan fingerprint density at radius 1 is 1.21 bits per heavy atom. The molecule has 0 aromatic heterocycles. The van der Waals surface area contributed by atoms with Gasteiger partial charge in [-0.1, -0.05) is 18.9 Å². The Labute approximate surface area is 142 Å². The molecule has 2 amide bonds. The van der Waals surface area contributed by atoms with Crippen LogP contribution in [0, 0.1) is 11.3 Å². The Bertz CT molecular complexity index is 620. The lowest BCUT2D eigenvalue weighted by molar-refractivity contribution is 0.00275. The molecule has 6 nitrogen and oxygen atoms in total. The normalized spacial score (nSPS) is 25.1. The van der Waals surface area contributed by atoms with Gasteiger partial charge in [-0.05, 0) is 31.0 Å². The van der Waals surface area contributed by atoms with Crippen molar-refractivity contribution in [1.29, 1.82) is 5.26 Å². The van der Waals surface area contributed by atoms with Crippen LogP contribution in [0.3, 0.4) is 0 Å². The van der Waals surface area contributed by atoms with E-state index in [1.165, 1.54) is 6.42 Å². The maximum absolute atomic E-state index is 12.4. The predicted molar refractivity (Wildman–Crippen MR) is 91.6 cm³/mol. The summed E-state index contributed by atoms with van der Waals surface area (Å²) in [7, 11) is 0. The molecule has 1 aromatic carbocycles. The molecule has 0 bridgehead atoms. The van der Waals surface area contributed by atoms with Gasteiger partial charge in [-0.2, -0.15) is 5.26 Å². The van der Waals surface area contributed by atoms with Gasteiger partial charge in [0.25, 0.3) is 0 Å². The lowest BCUT2D eigenvalue weighted by atomic mass is 9.91. The van der Waals surface area contributed by atoms with Crippen LogP contribution in [0.15, 0.2) is 24.3 Å². The maximum Gasteiger partial charge on any atom is 0.321 e. The van der Waals surface area contributed by atoms with Crippen LogP contribution in [0.1, 0.15) is 31.2 Å². The second kappa shape index (κ2) is 7.65. The summed E-state index contributed by atoms with van der Waals surface area (Å²) in [6, 6.07) is 9.12. The number of carbonyl (C=O) groups is 1. The van der Waals surface area contributed by atoms with Gasteiger partial charge in [0.2, 0.25) is 0 Å². The number of hydrogen-bond donors (Lipinski definition) is 2. The van der Waals surface area contributed by atoms with E-state index in [1.54, 1.807) is 29.2 Å². The molecule has 24 heavy (non-hydrogen) atoms. The first-order chi connectivity index (χ1) is 11.7. The zero-order valence-electron chi connectivity index (χ0n) is 13.8. The number of rotatable bonds is 2. The molecule has 128 valence electrons. The van der Waals surface area contributed by atoms with E-state index in [0.29, 0.717) is 24.3 Å². The molecule has 2 fully saturated rings. The quantitative estimate of drug-likeness (QED) is 0.870. The van der Waals surface area contributed by atoms with Crippen LogP contribution in [-0.4, -0.2) is 59.3 Å². The van der Waals surface area contributed by atoms with Gasteiger partial charge in [-0.3, -0.25) is 4.90 Å². The van der Waals surface area contributed by atoms with Gasteiger partial charge in [0.1, 0.15) is 0 Å². The van der Waals surface area contributed by atoms with Gasteiger partial charge in [0.15, 0.2) is 0 Å². The van der Waals surface area contributed by atoms with Crippen LogP contribution in [0.5, 0.6) is 0 Å². The highest BCUT2D eigenvalue weighted by molar-refractivity contribution is 5.89. The van der Waals surface area contributed by atoms with Crippen molar-refractivity contribution in [2.24, 2.45) is 0 Å². The summed E-state index contributed by atoms with van der Waals surface area (Å²) in [5.41, 5.74) is 1.17. The maximum atomic E-state index is 12.4. The fourth-order valence-corrected chi connectivity index (χ4v) is 3.64. The first-order valence-corrected chi connectivity index (χ1v) is 8.65. The minimum Gasteiger partial charge on any atom is -0.391 e. The number of carbonyl (C=O) groups excluding carboxylic acids is 1. The van der Waals surface area contributed by atoms with Gasteiger partial charge in [0, 0.05) is 37.9 Å². The lowest BCUT2D eigenvalue weighted by Gasteiger charge is -2.42. The highest BCUT2D eigenvalue weighted by Gasteiger charge is 2.31. The standard InChI is InChI=1S/C18H24N4O2/c19-13-14-4-3-5-15(12-14)20-18(24)22-10-8-21(9-11-22)16-6-1-2-7-17(16)23/h3-5,12,16-17,23H,1-2,6-11H2,(H,20,24)/t16-,17-/m1/s1. The first-order valence-electron chi connectivity index (χ1n) is 8.65. The van der Waals surface area contributed by atoms with Crippen molar-refractivity contribution >= 4 is 11.7 Å². The SMILES string of the molecule is N#Cc1cccc(NC(=O)N2CCN([C@@H]3CCCC[C@H]3O)CC2)c1. The molecule has 2 N–H and O–H groups in total. The third kappa shape index (κ3) is 3.86. The first kappa shape index (κ1) is 16.7. The molecule has 1 saturated heterocycles. The van der Waals surface area contributed by atoms with Crippen LogP contribution >= 0.6 is 0 Å². The lowest BCUT2D eigenvalue weighted by Crippen LogP contribution is -2.56. The van der Waals surface area contributed by atoms with Gasteiger partial charge in [-0.25, -0.2) is 4.79 Å². The monoisotopic (exact) mass is 328 g/mol. The molecule has 3 rings (SSSR count). The molecule has 1 aliphatic heterocycles. The summed E-state index contributed by atoms with van der Waals surface area (Å²) < 4.78 is 0. The van der Waals surface area contributed by atoms with E-state index < -0.39 is 0 Å². The van der Waals surface area contributed by atoms with Crippen LogP contribution in [0.25, 0.3) is 0 Å². The number of nitrogens with zero attached hydrogens (tertiary/aromatic N) is 3. The molecular weight excluding hydrogens is 304 g/mol. The highest BCUT2D eigenvalue weighted by Crippen LogP contribution is 2.24. The molecular formula is C18H24N4O2. The number of nitriles is 1. The summed E-state index contributed by atoms with van der Waals surface area (Å²) >= 11 is 0. The van der Waals surface area contributed by atoms with Crippen molar-refractivity contribution < 1.29 is 9.90 Å². The van der Waals surface area contributed by atoms with E-state index in [4.69, 9.17) is 5.26 Å². The van der Waals surface area contributed by atoms with Crippen LogP contribution in [0.4, 0.5) is 10.5 Å². The second-order valence-electron chi connectivity index (χ2n) is 6.56. The van der Waals surface area contributed by atoms with E-state index >= 15 is 0 Å². The molecule has 0 radical (unpaired) electrons. The fourth-order valence-electron chi connectivity index (χ4n) is 3.64. The zero-order chi connectivity index (χ0) is 16.9. The number of hydrogen-bond acceptors (Lipinski definition) is 4. The Hall–Kier alpha value is -2.10. The summed E-state index contributed by atoms with van der Waals surface area (Å²) in [6.07, 6.45) is 4.00. The summed E-state index contributed by atoms with van der Waals surface area (Å²) in [5, 5.41) is 22.0. The van der Waals surface area contributed by atoms with Crippen molar-refractivity contribution in [3.8, 4) is 6.07 Å². The molecule has 1 saturated carbocycles. The average molecular weight is 328 g/mol. The topological polar surface area (TPSA) is 79.6 Å². The molecule has 1 aromatic rings. The Morgan fingerprint density at radius 3 is 2.67 bits per heavy atom. The summed E-state index contributed by atoms with van der Waals surface area (Å²) in [5.74, 6) is 0. The van der Waals surface area contributed by atoms with Crippen molar-refractivity contribution in [1.82, 2.24) is 9.80 Å². The molecule has 1 aliphatic carbocycles. The van der Waals surface area contributed by atoms with E-state index in [2.05, 4.69) is 16.3 Å². The summed E-state index contributed by atoms with van der Waals surface area (Å²) in [4.78, 5) is 16.5. The number of amides is 2. The van der Waals surface area contributed by atoms with Crippen molar-refractivity contribution in [2.75, 3.05) is 31.5 Å². The van der Waals surface area contributed by atoms with E-state index in [-0.39, 0.29) is 18.2 Å².